The first-order chi connectivity index (χ1) is 9.40. The van der Waals surface area contributed by atoms with Gasteiger partial charge in [-0.3, -0.25) is 0 Å². The molecule has 104 valence electrons. The SMILES string of the molecule is Cc1ccc(C)c(Oc2ncc(C(=O)O)c(C)n2)c1C. The first-order valence-electron chi connectivity index (χ1n) is 6.21. The Morgan fingerprint density at radius 2 is 1.80 bits per heavy atom. The second-order valence-corrected chi connectivity index (χ2v) is 4.71. The van der Waals surface area contributed by atoms with Crippen LogP contribution >= 0.6 is 0 Å². The van der Waals surface area contributed by atoms with E-state index in [1.165, 1.54) is 6.20 Å². The minimum Gasteiger partial charge on any atom is -0.478 e. The summed E-state index contributed by atoms with van der Waals surface area (Å²) in [5, 5.41) is 8.95. The van der Waals surface area contributed by atoms with Gasteiger partial charge in [-0.1, -0.05) is 12.1 Å². The minimum atomic E-state index is -1.04. The lowest BCUT2D eigenvalue weighted by atomic mass is 10.1. The fraction of sp³-hybridized carbons (Fsp3) is 0.267. The number of aryl methyl sites for hydroxylation is 3. The molecule has 0 bridgehead atoms. The Hall–Kier alpha value is -2.43. The molecular weight excluding hydrogens is 256 g/mol. The molecule has 0 saturated carbocycles. The first kappa shape index (κ1) is 14.0. The minimum absolute atomic E-state index is 0.0787. The van der Waals surface area contributed by atoms with Gasteiger partial charge in [0.1, 0.15) is 5.75 Å². The summed E-state index contributed by atoms with van der Waals surface area (Å²) < 4.78 is 5.72. The lowest BCUT2D eigenvalue weighted by molar-refractivity contribution is 0.0695. The van der Waals surface area contributed by atoms with Crippen LogP contribution in [0.3, 0.4) is 0 Å². The summed E-state index contributed by atoms with van der Waals surface area (Å²) in [6.07, 6.45) is 1.26. The van der Waals surface area contributed by atoms with Crippen molar-refractivity contribution in [3.05, 3.63) is 46.3 Å². The molecule has 1 N–H and O–H groups in total. The Kier molecular flexibility index (Phi) is 3.70. The van der Waals surface area contributed by atoms with Gasteiger partial charge in [0.05, 0.1) is 11.3 Å². The maximum Gasteiger partial charge on any atom is 0.339 e. The van der Waals surface area contributed by atoms with Crippen LogP contribution in [-0.4, -0.2) is 21.0 Å². The highest BCUT2D eigenvalue weighted by atomic mass is 16.5. The molecular formula is C15H16N2O3. The summed E-state index contributed by atoms with van der Waals surface area (Å²) in [7, 11) is 0. The molecule has 2 rings (SSSR count). The van der Waals surface area contributed by atoms with Gasteiger partial charge in [-0.05, 0) is 44.4 Å². The van der Waals surface area contributed by atoms with Gasteiger partial charge < -0.3 is 9.84 Å². The Balaban J connectivity index is 2.39. The van der Waals surface area contributed by atoms with E-state index in [1.54, 1.807) is 6.92 Å². The Bertz CT molecular complexity index is 681. The van der Waals surface area contributed by atoms with Crippen molar-refractivity contribution in [1.29, 1.82) is 0 Å². The fourth-order valence-corrected chi connectivity index (χ4v) is 1.88. The molecule has 0 radical (unpaired) electrons. The third kappa shape index (κ3) is 2.61. The summed E-state index contributed by atoms with van der Waals surface area (Å²) in [5.74, 6) is -0.329. The number of nitrogens with zero attached hydrogens (tertiary/aromatic N) is 2. The highest BCUT2D eigenvalue weighted by Crippen LogP contribution is 2.29. The quantitative estimate of drug-likeness (QED) is 0.928. The van der Waals surface area contributed by atoms with E-state index in [4.69, 9.17) is 9.84 Å². The topological polar surface area (TPSA) is 72.3 Å². The number of ether oxygens (including phenoxy) is 1. The predicted octanol–water partition coefficient (Wildman–Crippen LogP) is 3.20. The number of aromatic nitrogens is 2. The second-order valence-electron chi connectivity index (χ2n) is 4.71. The molecule has 0 aliphatic carbocycles. The van der Waals surface area contributed by atoms with E-state index in [9.17, 15) is 4.79 Å². The average molecular weight is 272 g/mol. The van der Waals surface area contributed by atoms with Gasteiger partial charge in [0.2, 0.25) is 0 Å². The zero-order valence-electron chi connectivity index (χ0n) is 11.9. The maximum absolute atomic E-state index is 10.9. The van der Waals surface area contributed by atoms with Gasteiger partial charge >= 0.3 is 12.0 Å². The number of benzene rings is 1. The molecule has 0 aliphatic heterocycles. The summed E-state index contributed by atoms with van der Waals surface area (Å²) in [5.41, 5.74) is 3.58. The monoisotopic (exact) mass is 272 g/mol. The van der Waals surface area contributed by atoms with E-state index in [2.05, 4.69) is 9.97 Å². The molecule has 0 atom stereocenters. The first-order valence-corrected chi connectivity index (χ1v) is 6.21. The third-order valence-corrected chi connectivity index (χ3v) is 3.25. The van der Waals surface area contributed by atoms with Crippen molar-refractivity contribution in [1.82, 2.24) is 9.97 Å². The van der Waals surface area contributed by atoms with Crippen molar-refractivity contribution in [2.45, 2.75) is 27.7 Å². The van der Waals surface area contributed by atoms with E-state index in [0.29, 0.717) is 11.4 Å². The summed E-state index contributed by atoms with van der Waals surface area (Å²) in [6.45, 7) is 7.53. The van der Waals surface area contributed by atoms with Gasteiger partial charge in [0.15, 0.2) is 0 Å². The molecule has 0 spiro atoms. The fourth-order valence-electron chi connectivity index (χ4n) is 1.88. The third-order valence-electron chi connectivity index (χ3n) is 3.25. The van der Waals surface area contributed by atoms with Crippen LogP contribution in [0, 0.1) is 27.7 Å². The van der Waals surface area contributed by atoms with E-state index in [-0.39, 0.29) is 11.6 Å². The standard InChI is InChI=1S/C15H16N2O3/c1-8-5-6-9(2)13(10(8)3)20-15-16-7-12(14(18)19)11(4)17-15/h5-7H,1-4H3,(H,18,19). The van der Waals surface area contributed by atoms with Gasteiger partial charge in [-0.2, -0.15) is 4.98 Å². The molecule has 0 fully saturated rings. The Labute approximate surface area is 117 Å². The lowest BCUT2D eigenvalue weighted by Crippen LogP contribution is -2.05. The van der Waals surface area contributed by atoms with Crippen LogP contribution in [0.1, 0.15) is 32.7 Å². The molecule has 5 heteroatoms. The van der Waals surface area contributed by atoms with Crippen molar-refractivity contribution in [3.63, 3.8) is 0 Å². The number of carboxylic acid groups (broad SMARTS) is 1. The zero-order valence-corrected chi connectivity index (χ0v) is 11.9. The molecule has 0 amide bonds. The summed E-state index contributed by atoms with van der Waals surface area (Å²) >= 11 is 0. The maximum atomic E-state index is 10.9. The van der Waals surface area contributed by atoms with Crippen LogP contribution in [0.5, 0.6) is 11.8 Å². The van der Waals surface area contributed by atoms with Crippen LogP contribution in [0.2, 0.25) is 0 Å². The van der Waals surface area contributed by atoms with Gasteiger partial charge in [-0.25, -0.2) is 9.78 Å². The summed E-state index contributed by atoms with van der Waals surface area (Å²) in [4.78, 5) is 19.0. The van der Waals surface area contributed by atoms with Crippen LogP contribution in [0.4, 0.5) is 0 Å². The Morgan fingerprint density at radius 1 is 1.15 bits per heavy atom. The van der Waals surface area contributed by atoms with E-state index in [0.717, 1.165) is 16.7 Å². The second kappa shape index (κ2) is 5.28. The van der Waals surface area contributed by atoms with Crippen molar-refractivity contribution in [3.8, 4) is 11.8 Å². The largest absolute Gasteiger partial charge is 0.478 e. The van der Waals surface area contributed by atoms with Crippen molar-refractivity contribution in [2.24, 2.45) is 0 Å². The highest BCUT2D eigenvalue weighted by Gasteiger charge is 2.13. The molecule has 1 aromatic carbocycles. The number of carbonyl (C=O) groups is 1. The highest BCUT2D eigenvalue weighted by molar-refractivity contribution is 5.88. The van der Waals surface area contributed by atoms with E-state index in [1.807, 2.05) is 32.9 Å². The molecule has 1 aromatic heterocycles. The molecule has 1 heterocycles. The Morgan fingerprint density at radius 3 is 2.40 bits per heavy atom. The van der Waals surface area contributed by atoms with E-state index >= 15 is 0 Å². The molecule has 0 unspecified atom stereocenters. The normalized spacial score (nSPS) is 10.4. The summed E-state index contributed by atoms with van der Waals surface area (Å²) in [6, 6.07) is 4.15. The van der Waals surface area contributed by atoms with Crippen LogP contribution in [0.15, 0.2) is 18.3 Å². The van der Waals surface area contributed by atoms with Gasteiger partial charge in [0, 0.05) is 6.20 Å². The van der Waals surface area contributed by atoms with Crippen molar-refractivity contribution >= 4 is 5.97 Å². The number of carboxylic acids is 1. The van der Waals surface area contributed by atoms with Gasteiger partial charge in [0.25, 0.3) is 0 Å². The van der Waals surface area contributed by atoms with Gasteiger partial charge in [-0.15, -0.1) is 0 Å². The zero-order chi connectivity index (χ0) is 14.9. The van der Waals surface area contributed by atoms with Crippen LogP contribution < -0.4 is 4.74 Å². The molecule has 0 aliphatic rings. The van der Waals surface area contributed by atoms with Crippen LogP contribution in [-0.2, 0) is 0 Å². The molecule has 0 saturated heterocycles. The average Bonchev–Trinajstić information content (AvgIpc) is 2.39. The predicted molar refractivity (Wildman–Crippen MR) is 74.5 cm³/mol. The van der Waals surface area contributed by atoms with E-state index < -0.39 is 5.97 Å². The van der Waals surface area contributed by atoms with Crippen molar-refractivity contribution in [2.75, 3.05) is 0 Å². The number of hydrogen-bond donors (Lipinski definition) is 1. The molecule has 5 nitrogen and oxygen atoms in total. The number of aromatic carboxylic acids is 1. The molecule has 2 aromatic rings. The van der Waals surface area contributed by atoms with Crippen molar-refractivity contribution < 1.29 is 14.6 Å². The molecule has 20 heavy (non-hydrogen) atoms. The number of rotatable bonds is 3. The number of hydrogen-bond acceptors (Lipinski definition) is 4. The lowest BCUT2D eigenvalue weighted by Gasteiger charge is -2.12. The smallest absolute Gasteiger partial charge is 0.339 e. The van der Waals surface area contributed by atoms with Crippen LogP contribution in [0.25, 0.3) is 0 Å².